The minimum absolute atomic E-state index is 0.242. The Morgan fingerprint density at radius 2 is 1.68 bits per heavy atom. The molecule has 7 nitrogen and oxygen atoms in total. The summed E-state index contributed by atoms with van der Waals surface area (Å²) >= 11 is 0. The van der Waals surface area contributed by atoms with Crippen molar-refractivity contribution in [2.24, 2.45) is 0 Å². The highest BCUT2D eigenvalue weighted by Crippen LogP contribution is 2.27. The van der Waals surface area contributed by atoms with E-state index in [1.807, 2.05) is 13.0 Å². The second kappa shape index (κ2) is 11.9. The van der Waals surface area contributed by atoms with Crippen LogP contribution < -0.4 is 14.8 Å². The molecule has 0 aromatic heterocycles. The number of methoxy groups -OCH3 is 1. The van der Waals surface area contributed by atoms with E-state index in [0.717, 1.165) is 0 Å². The number of para-hydroxylation sites is 2. The third kappa shape index (κ3) is 6.24. The summed E-state index contributed by atoms with van der Waals surface area (Å²) in [5.74, 6) is -0.353. The summed E-state index contributed by atoms with van der Waals surface area (Å²) in [4.78, 5) is 26.1. The van der Waals surface area contributed by atoms with Gasteiger partial charge >= 0.3 is 5.97 Å². The van der Waals surface area contributed by atoms with Gasteiger partial charge in [-0.25, -0.2) is 4.79 Å². The number of nitriles is 1. The number of anilines is 1. The highest BCUT2D eigenvalue weighted by Gasteiger charge is 2.27. The Morgan fingerprint density at radius 3 is 2.32 bits per heavy atom. The fourth-order valence-corrected chi connectivity index (χ4v) is 3.12. The average Bonchev–Trinajstić information content (AvgIpc) is 2.87. The first-order chi connectivity index (χ1) is 16.5. The molecule has 3 aromatic carbocycles. The maximum absolute atomic E-state index is 13.2. The third-order valence-corrected chi connectivity index (χ3v) is 4.78. The quantitative estimate of drug-likeness (QED) is 0.279. The van der Waals surface area contributed by atoms with Crippen molar-refractivity contribution < 1.29 is 23.8 Å². The van der Waals surface area contributed by atoms with E-state index >= 15 is 0 Å². The molecule has 0 aliphatic heterocycles. The van der Waals surface area contributed by atoms with Crippen molar-refractivity contribution >= 4 is 23.6 Å². The molecule has 0 heterocycles. The highest BCUT2D eigenvalue weighted by atomic mass is 16.5. The van der Waals surface area contributed by atoms with E-state index in [4.69, 9.17) is 14.2 Å². The maximum Gasteiger partial charge on any atom is 0.350 e. The minimum Gasteiger partial charge on any atom is -0.497 e. The molecule has 3 aromatic rings. The molecule has 0 aliphatic rings. The molecule has 7 heteroatoms. The third-order valence-electron chi connectivity index (χ3n) is 4.78. The van der Waals surface area contributed by atoms with Crippen LogP contribution >= 0.6 is 0 Å². The SMILES string of the molecule is CCOc1ccccc1NC(=O)[C@H](OC(=O)/C(C#N)=C/c1ccc(OC)cc1)c1ccccc1. The van der Waals surface area contributed by atoms with Crippen LogP contribution in [-0.2, 0) is 14.3 Å². The largest absolute Gasteiger partial charge is 0.497 e. The minimum atomic E-state index is -1.28. The van der Waals surface area contributed by atoms with Crippen LogP contribution in [0.3, 0.4) is 0 Å². The number of hydrogen-bond donors (Lipinski definition) is 1. The topological polar surface area (TPSA) is 97.6 Å². The summed E-state index contributed by atoms with van der Waals surface area (Å²) in [6.45, 7) is 2.26. The normalized spacial score (nSPS) is 11.6. The van der Waals surface area contributed by atoms with Gasteiger partial charge in [0.15, 0.2) is 0 Å². The second-order valence-corrected chi connectivity index (χ2v) is 7.06. The van der Waals surface area contributed by atoms with E-state index in [-0.39, 0.29) is 5.57 Å². The molecule has 0 fully saturated rings. The molecular weight excluding hydrogens is 432 g/mol. The number of benzene rings is 3. The van der Waals surface area contributed by atoms with E-state index in [1.165, 1.54) is 6.08 Å². The Hall–Kier alpha value is -4.57. The molecule has 3 rings (SSSR count). The zero-order valence-electron chi connectivity index (χ0n) is 18.9. The van der Waals surface area contributed by atoms with Gasteiger partial charge in [0, 0.05) is 5.56 Å². The van der Waals surface area contributed by atoms with Crippen LogP contribution in [0.25, 0.3) is 6.08 Å². The van der Waals surface area contributed by atoms with Crippen molar-refractivity contribution in [3.05, 3.63) is 95.6 Å². The van der Waals surface area contributed by atoms with Gasteiger partial charge in [-0.2, -0.15) is 5.26 Å². The van der Waals surface area contributed by atoms with Gasteiger partial charge in [0.2, 0.25) is 6.10 Å². The van der Waals surface area contributed by atoms with Crippen molar-refractivity contribution in [3.63, 3.8) is 0 Å². The first-order valence-corrected chi connectivity index (χ1v) is 10.6. The van der Waals surface area contributed by atoms with Gasteiger partial charge in [-0.1, -0.05) is 54.6 Å². The molecule has 0 radical (unpaired) electrons. The Morgan fingerprint density at radius 1 is 1.00 bits per heavy atom. The molecule has 1 amide bonds. The Labute approximate surface area is 198 Å². The van der Waals surface area contributed by atoms with Crippen molar-refractivity contribution in [3.8, 4) is 17.6 Å². The number of rotatable bonds is 9. The lowest BCUT2D eigenvalue weighted by Gasteiger charge is -2.19. The molecular formula is C27H24N2O5. The zero-order chi connectivity index (χ0) is 24.3. The van der Waals surface area contributed by atoms with Crippen molar-refractivity contribution in [2.75, 3.05) is 19.0 Å². The summed E-state index contributed by atoms with van der Waals surface area (Å²) in [5, 5.41) is 12.3. The molecule has 0 spiro atoms. The molecule has 0 aliphatic carbocycles. The summed E-state index contributed by atoms with van der Waals surface area (Å²) < 4.78 is 16.2. The number of hydrogen-bond acceptors (Lipinski definition) is 6. The fourth-order valence-electron chi connectivity index (χ4n) is 3.12. The molecule has 0 saturated heterocycles. The summed E-state index contributed by atoms with van der Waals surface area (Å²) in [5.41, 5.74) is 1.28. The number of nitrogens with one attached hydrogen (secondary N) is 1. The Kier molecular flexibility index (Phi) is 8.42. The lowest BCUT2D eigenvalue weighted by Crippen LogP contribution is -2.26. The van der Waals surface area contributed by atoms with E-state index in [0.29, 0.717) is 34.9 Å². The summed E-state index contributed by atoms with van der Waals surface area (Å²) in [6, 6.07) is 24.2. The lowest BCUT2D eigenvalue weighted by molar-refractivity contribution is -0.150. The Bertz CT molecular complexity index is 1200. The number of esters is 1. The molecule has 34 heavy (non-hydrogen) atoms. The number of carbonyl (C=O) groups is 2. The number of amides is 1. The van der Waals surface area contributed by atoms with Crippen molar-refractivity contribution in [1.82, 2.24) is 0 Å². The number of nitrogens with zero attached hydrogens (tertiary/aromatic N) is 1. The van der Waals surface area contributed by atoms with Crippen LogP contribution in [0, 0.1) is 11.3 Å². The first kappa shape index (κ1) is 24.1. The van der Waals surface area contributed by atoms with Crippen molar-refractivity contribution in [2.45, 2.75) is 13.0 Å². The van der Waals surface area contributed by atoms with Crippen LogP contribution in [0.2, 0.25) is 0 Å². The van der Waals surface area contributed by atoms with E-state index < -0.39 is 18.0 Å². The van der Waals surface area contributed by atoms with Crippen LogP contribution in [-0.4, -0.2) is 25.6 Å². The fraction of sp³-hybridized carbons (Fsp3) is 0.148. The van der Waals surface area contributed by atoms with Crippen LogP contribution in [0.1, 0.15) is 24.2 Å². The molecule has 0 bridgehead atoms. The maximum atomic E-state index is 13.2. The van der Waals surface area contributed by atoms with Crippen LogP contribution in [0.4, 0.5) is 5.69 Å². The van der Waals surface area contributed by atoms with Gasteiger partial charge in [-0.15, -0.1) is 0 Å². The molecule has 1 N–H and O–H groups in total. The van der Waals surface area contributed by atoms with Gasteiger partial charge in [-0.3, -0.25) is 4.79 Å². The van der Waals surface area contributed by atoms with Gasteiger partial charge in [-0.05, 0) is 42.8 Å². The number of ether oxygens (including phenoxy) is 3. The van der Waals surface area contributed by atoms with E-state index in [9.17, 15) is 14.9 Å². The standard InChI is InChI=1S/C27H24N2O5/c1-3-33-24-12-8-7-11-23(24)29-26(30)25(20-9-5-4-6-10-20)34-27(31)21(18-28)17-19-13-15-22(32-2)16-14-19/h4-17,25H,3H2,1-2H3,(H,29,30)/b21-17+/t25-/m1/s1. The molecule has 172 valence electrons. The second-order valence-electron chi connectivity index (χ2n) is 7.06. The monoisotopic (exact) mass is 456 g/mol. The number of carbonyl (C=O) groups excluding carboxylic acids is 2. The molecule has 1 atom stereocenters. The predicted octanol–water partition coefficient (Wildman–Crippen LogP) is 4.92. The lowest BCUT2D eigenvalue weighted by atomic mass is 10.1. The zero-order valence-corrected chi connectivity index (χ0v) is 18.9. The van der Waals surface area contributed by atoms with Crippen molar-refractivity contribution in [1.29, 1.82) is 5.26 Å². The van der Waals surface area contributed by atoms with E-state index in [1.54, 1.807) is 86.0 Å². The van der Waals surface area contributed by atoms with Gasteiger partial charge in [0.1, 0.15) is 23.1 Å². The van der Waals surface area contributed by atoms with Crippen LogP contribution in [0.5, 0.6) is 11.5 Å². The molecule has 0 unspecified atom stereocenters. The average molecular weight is 456 g/mol. The molecule has 0 saturated carbocycles. The smallest absolute Gasteiger partial charge is 0.350 e. The van der Waals surface area contributed by atoms with Gasteiger partial charge < -0.3 is 19.5 Å². The summed E-state index contributed by atoms with van der Waals surface area (Å²) in [7, 11) is 1.55. The highest BCUT2D eigenvalue weighted by molar-refractivity contribution is 6.01. The van der Waals surface area contributed by atoms with E-state index in [2.05, 4.69) is 5.32 Å². The predicted molar refractivity (Wildman–Crippen MR) is 128 cm³/mol. The van der Waals surface area contributed by atoms with Crippen LogP contribution in [0.15, 0.2) is 84.4 Å². The van der Waals surface area contributed by atoms with Gasteiger partial charge in [0.05, 0.1) is 19.4 Å². The Balaban J connectivity index is 1.86. The summed E-state index contributed by atoms with van der Waals surface area (Å²) in [6.07, 6.45) is 0.113. The first-order valence-electron chi connectivity index (χ1n) is 10.6. The van der Waals surface area contributed by atoms with Gasteiger partial charge in [0.25, 0.3) is 5.91 Å².